The van der Waals surface area contributed by atoms with E-state index in [-0.39, 0.29) is 12.1 Å². The van der Waals surface area contributed by atoms with Gasteiger partial charge in [0.2, 0.25) is 11.8 Å². The van der Waals surface area contributed by atoms with Crippen LogP contribution >= 0.6 is 0 Å². The molecule has 1 aliphatic rings. The predicted molar refractivity (Wildman–Crippen MR) is 85.3 cm³/mol. The molecule has 1 aliphatic heterocycles. The summed E-state index contributed by atoms with van der Waals surface area (Å²) in [5, 5.41) is 8.55. The fraction of sp³-hybridized carbons (Fsp3) is 0.688. The van der Waals surface area contributed by atoms with Gasteiger partial charge >= 0.3 is 0 Å². The van der Waals surface area contributed by atoms with Crippen molar-refractivity contribution in [1.82, 2.24) is 24.8 Å². The van der Waals surface area contributed by atoms with Crippen molar-refractivity contribution in [3.63, 3.8) is 0 Å². The van der Waals surface area contributed by atoms with Crippen LogP contribution in [0.25, 0.3) is 0 Å². The standard InChI is InChI=1S/C16H25N5O2/c1-6-13-17-15(23-19-13)11(3)21-9-7-8-12(21)14-10(2)18-20(4)16(14)22-5/h11-12H,6-9H2,1-5H3/t11-,12+/m0/s1. The summed E-state index contributed by atoms with van der Waals surface area (Å²) in [7, 11) is 3.62. The van der Waals surface area contributed by atoms with Crippen LogP contribution in [0.4, 0.5) is 0 Å². The Morgan fingerprint density at radius 1 is 1.43 bits per heavy atom. The maximum Gasteiger partial charge on any atom is 0.243 e. The average molecular weight is 319 g/mol. The first-order valence-corrected chi connectivity index (χ1v) is 8.22. The number of nitrogens with zero attached hydrogens (tertiary/aromatic N) is 5. The second kappa shape index (κ2) is 6.31. The summed E-state index contributed by atoms with van der Waals surface area (Å²) >= 11 is 0. The summed E-state index contributed by atoms with van der Waals surface area (Å²) in [6.45, 7) is 7.21. The molecule has 2 atom stereocenters. The minimum Gasteiger partial charge on any atom is -0.481 e. The number of rotatable bonds is 5. The Balaban J connectivity index is 1.91. The maximum absolute atomic E-state index is 5.59. The molecule has 0 amide bonds. The van der Waals surface area contributed by atoms with E-state index < -0.39 is 0 Å². The smallest absolute Gasteiger partial charge is 0.243 e. The number of ether oxygens (including phenoxy) is 1. The van der Waals surface area contributed by atoms with Crippen molar-refractivity contribution >= 4 is 0 Å². The highest BCUT2D eigenvalue weighted by Crippen LogP contribution is 2.42. The van der Waals surface area contributed by atoms with Crippen molar-refractivity contribution in [1.29, 1.82) is 0 Å². The maximum atomic E-state index is 5.59. The number of aromatic nitrogens is 4. The van der Waals surface area contributed by atoms with E-state index in [1.165, 1.54) is 5.56 Å². The second-order valence-corrected chi connectivity index (χ2v) is 6.11. The van der Waals surface area contributed by atoms with Gasteiger partial charge in [0.1, 0.15) is 0 Å². The van der Waals surface area contributed by atoms with Crippen LogP contribution < -0.4 is 4.74 Å². The summed E-state index contributed by atoms with van der Waals surface area (Å²) in [5.74, 6) is 2.29. The van der Waals surface area contributed by atoms with Gasteiger partial charge in [-0.05, 0) is 33.2 Å². The Morgan fingerprint density at radius 2 is 2.22 bits per heavy atom. The number of methoxy groups -OCH3 is 1. The first-order chi connectivity index (χ1) is 11.1. The monoisotopic (exact) mass is 319 g/mol. The van der Waals surface area contributed by atoms with Gasteiger partial charge in [-0.3, -0.25) is 4.90 Å². The van der Waals surface area contributed by atoms with E-state index in [1.807, 2.05) is 25.6 Å². The second-order valence-electron chi connectivity index (χ2n) is 6.11. The van der Waals surface area contributed by atoms with Crippen molar-refractivity contribution in [3.8, 4) is 5.88 Å². The third-order valence-electron chi connectivity index (χ3n) is 4.69. The first-order valence-electron chi connectivity index (χ1n) is 8.22. The first kappa shape index (κ1) is 16.0. The van der Waals surface area contributed by atoms with Crippen LogP contribution in [0.3, 0.4) is 0 Å². The zero-order valence-electron chi connectivity index (χ0n) is 14.5. The van der Waals surface area contributed by atoms with Gasteiger partial charge in [-0.15, -0.1) is 0 Å². The van der Waals surface area contributed by atoms with E-state index in [0.29, 0.717) is 5.89 Å². The third-order valence-corrected chi connectivity index (χ3v) is 4.69. The highest BCUT2D eigenvalue weighted by Gasteiger charge is 2.36. The number of likely N-dealkylation sites (tertiary alicyclic amines) is 1. The SMILES string of the molecule is CCc1noc([C@H](C)N2CCC[C@@H]2c2c(C)nn(C)c2OC)n1. The molecule has 0 aliphatic carbocycles. The zero-order chi connectivity index (χ0) is 16.6. The number of aryl methyl sites for hydroxylation is 3. The molecule has 0 unspecified atom stereocenters. The van der Waals surface area contributed by atoms with Crippen LogP contribution in [0.5, 0.6) is 5.88 Å². The lowest BCUT2D eigenvalue weighted by Gasteiger charge is -2.28. The molecule has 0 radical (unpaired) electrons. The molecule has 3 rings (SSSR count). The van der Waals surface area contributed by atoms with Crippen molar-refractivity contribution in [2.45, 2.75) is 52.1 Å². The van der Waals surface area contributed by atoms with Gasteiger partial charge < -0.3 is 9.26 Å². The lowest BCUT2D eigenvalue weighted by molar-refractivity contribution is 0.156. The molecule has 23 heavy (non-hydrogen) atoms. The number of hydrogen-bond donors (Lipinski definition) is 0. The van der Waals surface area contributed by atoms with Crippen molar-refractivity contribution in [2.75, 3.05) is 13.7 Å². The van der Waals surface area contributed by atoms with Crippen molar-refractivity contribution < 1.29 is 9.26 Å². The molecule has 7 heteroatoms. The lowest BCUT2D eigenvalue weighted by atomic mass is 10.0. The van der Waals surface area contributed by atoms with Crippen LogP contribution in [0.2, 0.25) is 0 Å². The zero-order valence-corrected chi connectivity index (χ0v) is 14.5. The van der Waals surface area contributed by atoms with E-state index in [9.17, 15) is 0 Å². The van der Waals surface area contributed by atoms with Gasteiger partial charge in [0, 0.05) is 19.5 Å². The Hall–Kier alpha value is -1.89. The van der Waals surface area contributed by atoms with Crippen LogP contribution in [-0.2, 0) is 13.5 Å². The van der Waals surface area contributed by atoms with E-state index in [2.05, 4.69) is 27.1 Å². The predicted octanol–water partition coefficient (Wildman–Crippen LogP) is 2.58. The Bertz CT molecular complexity index is 678. The van der Waals surface area contributed by atoms with E-state index in [1.54, 1.807) is 7.11 Å². The van der Waals surface area contributed by atoms with Crippen LogP contribution in [0, 0.1) is 6.92 Å². The van der Waals surface area contributed by atoms with Crippen LogP contribution in [-0.4, -0.2) is 38.5 Å². The van der Waals surface area contributed by atoms with Gasteiger partial charge in [-0.1, -0.05) is 12.1 Å². The molecular formula is C16H25N5O2. The fourth-order valence-electron chi connectivity index (χ4n) is 3.56. The third kappa shape index (κ3) is 2.73. The molecule has 2 aromatic rings. The van der Waals surface area contributed by atoms with Crippen molar-refractivity contribution in [2.24, 2.45) is 7.05 Å². The normalized spacial score (nSPS) is 20.1. The Kier molecular flexibility index (Phi) is 4.39. The largest absolute Gasteiger partial charge is 0.481 e. The quantitative estimate of drug-likeness (QED) is 0.843. The van der Waals surface area contributed by atoms with E-state index >= 15 is 0 Å². The Morgan fingerprint density at radius 3 is 2.87 bits per heavy atom. The average Bonchev–Trinajstić information content (AvgIpc) is 3.24. The molecule has 0 bridgehead atoms. The Labute approximate surface area is 136 Å². The lowest BCUT2D eigenvalue weighted by Crippen LogP contribution is -2.27. The highest BCUT2D eigenvalue weighted by molar-refractivity contribution is 5.35. The fourth-order valence-corrected chi connectivity index (χ4v) is 3.56. The topological polar surface area (TPSA) is 69.2 Å². The summed E-state index contributed by atoms with van der Waals surface area (Å²) in [6, 6.07) is 0.352. The molecule has 2 aromatic heterocycles. The molecule has 0 spiro atoms. The van der Waals surface area contributed by atoms with E-state index in [4.69, 9.17) is 9.26 Å². The molecule has 1 fully saturated rings. The van der Waals surface area contributed by atoms with Gasteiger partial charge in [-0.25, -0.2) is 4.68 Å². The minimum atomic E-state index is 0.0830. The molecule has 126 valence electrons. The van der Waals surface area contributed by atoms with Crippen LogP contribution in [0.15, 0.2) is 4.52 Å². The molecule has 0 N–H and O–H groups in total. The van der Waals surface area contributed by atoms with Gasteiger partial charge in [0.25, 0.3) is 0 Å². The van der Waals surface area contributed by atoms with Crippen LogP contribution in [0.1, 0.15) is 61.7 Å². The number of hydrogen-bond acceptors (Lipinski definition) is 6. The minimum absolute atomic E-state index is 0.0830. The molecule has 0 aromatic carbocycles. The van der Waals surface area contributed by atoms with E-state index in [0.717, 1.165) is 43.2 Å². The van der Waals surface area contributed by atoms with Crippen molar-refractivity contribution in [3.05, 3.63) is 23.0 Å². The summed E-state index contributed by atoms with van der Waals surface area (Å²) in [4.78, 5) is 6.92. The van der Waals surface area contributed by atoms with Gasteiger partial charge in [-0.2, -0.15) is 10.1 Å². The molecule has 1 saturated heterocycles. The molecule has 3 heterocycles. The molecule has 7 nitrogen and oxygen atoms in total. The summed E-state index contributed by atoms with van der Waals surface area (Å²) < 4.78 is 12.9. The molecule has 0 saturated carbocycles. The highest BCUT2D eigenvalue weighted by atomic mass is 16.5. The summed E-state index contributed by atoms with van der Waals surface area (Å²) in [5.41, 5.74) is 2.20. The van der Waals surface area contributed by atoms with Gasteiger partial charge in [0.15, 0.2) is 5.82 Å². The molecular weight excluding hydrogens is 294 g/mol. The summed E-state index contributed by atoms with van der Waals surface area (Å²) in [6.07, 6.45) is 3.01. The van der Waals surface area contributed by atoms with Gasteiger partial charge in [0.05, 0.1) is 24.4 Å².